The Morgan fingerprint density at radius 2 is 2.00 bits per heavy atom. The van der Waals surface area contributed by atoms with Crippen molar-refractivity contribution < 1.29 is 13.2 Å². The van der Waals surface area contributed by atoms with Gasteiger partial charge in [-0.3, -0.25) is 4.90 Å². The second-order valence-corrected chi connectivity index (χ2v) is 7.52. The van der Waals surface area contributed by atoms with Gasteiger partial charge < -0.3 is 4.74 Å². The molecule has 1 aromatic carbocycles. The van der Waals surface area contributed by atoms with Crippen molar-refractivity contribution in [3.8, 4) is 0 Å². The third kappa shape index (κ3) is 4.51. The highest BCUT2D eigenvalue weighted by atomic mass is 32.2. The molecule has 0 aromatic heterocycles. The predicted molar refractivity (Wildman–Crippen MR) is 91.4 cm³/mol. The summed E-state index contributed by atoms with van der Waals surface area (Å²) < 4.78 is 34.2. The van der Waals surface area contributed by atoms with Crippen LogP contribution in [0.25, 0.3) is 0 Å². The van der Waals surface area contributed by atoms with E-state index in [0.29, 0.717) is 13.2 Å². The number of likely N-dealkylation sites (N-methyl/N-ethyl adjacent to an activating group) is 1. The maximum atomic E-state index is 12.1. The Hall–Kier alpha value is -0.990. The zero-order valence-electron chi connectivity index (χ0n) is 14.1. The zero-order valence-corrected chi connectivity index (χ0v) is 14.9. The molecule has 1 aliphatic heterocycles. The van der Waals surface area contributed by atoms with Gasteiger partial charge >= 0.3 is 0 Å². The van der Waals surface area contributed by atoms with Crippen molar-refractivity contribution in [1.29, 1.82) is 0 Å². The molecular weight excluding hydrogens is 314 g/mol. The predicted octanol–water partition coefficient (Wildman–Crippen LogP) is 1.23. The van der Waals surface area contributed by atoms with E-state index in [1.54, 1.807) is 7.05 Å². The van der Waals surface area contributed by atoms with Crippen molar-refractivity contribution in [1.82, 2.24) is 13.9 Å². The fraction of sp³-hybridized carbons (Fsp3) is 0.625. The molecule has 1 aliphatic rings. The minimum atomic E-state index is -3.45. The van der Waals surface area contributed by atoms with Gasteiger partial charge in [0.25, 0.3) is 10.2 Å². The molecule has 2 atom stereocenters. The van der Waals surface area contributed by atoms with Gasteiger partial charge in [0.05, 0.1) is 18.8 Å². The van der Waals surface area contributed by atoms with E-state index in [2.05, 4.69) is 28.7 Å². The van der Waals surface area contributed by atoms with Gasteiger partial charge in [-0.25, -0.2) is 0 Å². The first kappa shape index (κ1) is 18.4. The lowest BCUT2D eigenvalue weighted by molar-refractivity contribution is -0.0674. The monoisotopic (exact) mass is 341 g/mol. The van der Waals surface area contributed by atoms with E-state index in [4.69, 9.17) is 4.74 Å². The van der Waals surface area contributed by atoms with Gasteiger partial charge in [0.1, 0.15) is 0 Å². The van der Waals surface area contributed by atoms with Gasteiger partial charge in [-0.05, 0) is 12.1 Å². The molecule has 1 saturated heterocycles. The van der Waals surface area contributed by atoms with Gasteiger partial charge in [-0.1, -0.05) is 44.2 Å². The van der Waals surface area contributed by atoms with E-state index < -0.39 is 10.2 Å². The molecule has 2 rings (SSSR count). The summed E-state index contributed by atoms with van der Waals surface area (Å²) in [6.45, 7) is 7.00. The van der Waals surface area contributed by atoms with E-state index in [1.165, 1.54) is 4.31 Å². The summed E-state index contributed by atoms with van der Waals surface area (Å²) in [5.41, 5.74) is 1.15. The van der Waals surface area contributed by atoms with Crippen molar-refractivity contribution in [3.63, 3.8) is 0 Å². The van der Waals surface area contributed by atoms with Crippen LogP contribution in [-0.4, -0.2) is 63.6 Å². The average molecular weight is 341 g/mol. The number of nitrogens with zero attached hydrogens (tertiary/aromatic N) is 2. The van der Waals surface area contributed by atoms with E-state index in [9.17, 15) is 8.42 Å². The molecule has 6 nitrogen and oxygen atoms in total. The highest BCUT2D eigenvalue weighted by Gasteiger charge is 2.33. The maximum Gasteiger partial charge on any atom is 0.279 e. The number of hydrogen-bond donors (Lipinski definition) is 1. The first-order valence-electron chi connectivity index (χ1n) is 8.11. The number of rotatable bonds is 7. The van der Waals surface area contributed by atoms with Crippen LogP contribution in [-0.2, 0) is 14.9 Å². The Morgan fingerprint density at radius 1 is 1.30 bits per heavy atom. The van der Waals surface area contributed by atoms with Crippen LogP contribution in [0.1, 0.15) is 25.5 Å². The van der Waals surface area contributed by atoms with Gasteiger partial charge in [0.15, 0.2) is 0 Å². The third-order valence-electron chi connectivity index (χ3n) is 4.33. The summed E-state index contributed by atoms with van der Waals surface area (Å²) in [5, 5.41) is 0. The van der Waals surface area contributed by atoms with Crippen LogP contribution in [0, 0.1) is 0 Å². The first-order chi connectivity index (χ1) is 11.0. The minimum absolute atomic E-state index is 0.0598. The molecule has 1 heterocycles. The van der Waals surface area contributed by atoms with Crippen LogP contribution in [0.5, 0.6) is 0 Å². The zero-order chi connectivity index (χ0) is 16.9. The Balaban J connectivity index is 2.15. The summed E-state index contributed by atoms with van der Waals surface area (Å²) in [5.74, 6) is 0. The Kier molecular flexibility index (Phi) is 6.55. The smallest absolute Gasteiger partial charge is 0.279 e. The molecule has 130 valence electrons. The van der Waals surface area contributed by atoms with E-state index in [-0.39, 0.29) is 18.7 Å². The number of morpholine rings is 1. The van der Waals surface area contributed by atoms with Crippen LogP contribution < -0.4 is 4.72 Å². The molecule has 0 bridgehead atoms. The fourth-order valence-corrected chi connectivity index (χ4v) is 3.79. The van der Waals surface area contributed by atoms with Crippen LogP contribution in [0.4, 0.5) is 0 Å². The Labute approximate surface area is 139 Å². The summed E-state index contributed by atoms with van der Waals surface area (Å²) in [6.07, 6.45) is -0.203. The van der Waals surface area contributed by atoms with Crippen molar-refractivity contribution >= 4 is 10.2 Å². The maximum absolute atomic E-state index is 12.1. The highest BCUT2D eigenvalue weighted by Crippen LogP contribution is 2.29. The summed E-state index contributed by atoms with van der Waals surface area (Å²) >= 11 is 0. The molecule has 1 fully saturated rings. The lowest BCUT2D eigenvalue weighted by Crippen LogP contribution is -2.51. The van der Waals surface area contributed by atoms with Crippen LogP contribution in [0.2, 0.25) is 0 Å². The van der Waals surface area contributed by atoms with Crippen molar-refractivity contribution in [2.45, 2.75) is 26.0 Å². The van der Waals surface area contributed by atoms with Crippen LogP contribution >= 0.6 is 0 Å². The average Bonchev–Trinajstić information content (AvgIpc) is 2.59. The number of nitrogens with one attached hydrogen (secondary N) is 1. The standard InChI is InChI=1S/C16H27N3O3S/c1-4-18(3)23(20,21)17-13-15-16(14-9-7-6-8-10-14)19(5-2)11-12-22-15/h6-10,15-17H,4-5,11-13H2,1-3H3/t15-,16-/m0/s1. The van der Waals surface area contributed by atoms with Crippen LogP contribution in [0.15, 0.2) is 30.3 Å². The number of benzene rings is 1. The van der Waals surface area contributed by atoms with Crippen molar-refractivity contribution in [3.05, 3.63) is 35.9 Å². The van der Waals surface area contributed by atoms with Gasteiger partial charge in [0.2, 0.25) is 0 Å². The molecule has 1 aromatic rings. The molecule has 0 saturated carbocycles. The molecule has 23 heavy (non-hydrogen) atoms. The molecular formula is C16H27N3O3S. The topological polar surface area (TPSA) is 61.9 Å². The van der Waals surface area contributed by atoms with Gasteiger partial charge in [-0.2, -0.15) is 17.4 Å². The Bertz CT molecular complexity index is 579. The number of ether oxygens (including phenoxy) is 1. The minimum Gasteiger partial charge on any atom is -0.374 e. The van der Waals surface area contributed by atoms with Crippen molar-refractivity contribution in [2.24, 2.45) is 0 Å². The first-order valence-corrected chi connectivity index (χ1v) is 9.55. The summed E-state index contributed by atoms with van der Waals surface area (Å²) in [6, 6.07) is 10.2. The SMILES string of the molecule is CCN1CCO[C@@H](CNS(=O)(=O)N(C)CC)[C@@H]1c1ccccc1. The highest BCUT2D eigenvalue weighted by molar-refractivity contribution is 7.87. The van der Waals surface area contributed by atoms with Gasteiger partial charge in [0, 0.05) is 26.7 Å². The fourth-order valence-electron chi connectivity index (χ4n) is 2.86. The van der Waals surface area contributed by atoms with Crippen molar-refractivity contribution in [2.75, 3.05) is 39.8 Å². The summed E-state index contributed by atoms with van der Waals surface area (Å²) in [7, 11) is -1.89. The van der Waals surface area contributed by atoms with E-state index in [1.807, 2.05) is 25.1 Å². The van der Waals surface area contributed by atoms with Crippen LogP contribution in [0.3, 0.4) is 0 Å². The van der Waals surface area contributed by atoms with Gasteiger partial charge in [-0.15, -0.1) is 0 Å². The second-order valence-electron chi connectivity index (χ2n) is 5.66. The Morgan fingerprint density at radius 3 is 2.61 bits per heavy atom. The molecule has 7 heteroatoms. The van der Waals surface area contributed by atoms with E-state index >= 15 is 0 Å². The molecule has 0 radical (unpaired) electrons. The quantitative estimate of drug-likeness (QED) is 0.810. The second kappa shape index (κ2) is 8.21. The third-order valence-corrected chi connectivity index (χ3v) is 5.94. The molecule has 0 unspecified atom stereocenters. The van der Waals surface area contributed by atoms with E-state index in [0.717, 1.165) is 18.7 Å². The number of hydrogen-bond acceptors (Lipinski definition) is 4. The molecule has 0 spiro atoms. The molecule has 0 amide bonds. The lowest BCUT2D eigenvalue weighted by Gasteiger charge is -2.41. The lowest BCUT2D eigenvalue weighted by atomic mass is 9.98. The normalized spacial score (nSPS) is 23.3. The summed E-state index contributed by atoms with van der Waals surface area (Å²) in [4.78, 5) is 2.33. The largest absolute Gasteiger partial charge is 0.374 e. The molecule has 1 N–H and O–H groups in total. The molecule has 0 aliphatic carbocycles.